The number of aromatic amines is 1. The number of hydrogen-bond acceptors (Lipinski definition) is 4. The van der Waals surface area contributed by atoms with Gasteiger partial charge in [-0.2, -0.15) is 0 Å². The van der Waals surface area contributed by atoms with E-state index in [4.69, 9.17) is 23.2 Å². The van der Waals surface area contributed by atoms with Crippen molar-refractivity contribution in [3.63, 3.8) is 0 Å². The lowest BCUT2D eigenvalue weighted by Gasteiger charge is -2.02. The van der Waals surface area contributed by atoms with Crippen LogP contribution in [0.1, 0.15) is 0 Å². The highest BCUT2D eigenvalue weighted by Crippen LogP contribution is 2.31. The first kappa shape index (κ1) is 15.6. The van der Waals surface area contributed by atoms with Gasteiger partial charge in [-0.15, -0.1) is 0 Å². The number of nitro benzene ring substituents is 1. The quantitative estimate of drug-likeness (QED) is 0.422. The second-order valence-electron chi connectivity index (χ2n) is 5.35. The van der Waals surface area contributed by atoms with Crippen LogP contribution in [0.3, 0.4) is 0 Å². The topological polar surface area (TPSA) is 93.8 Å². The van der Waals surface area contributed by atoms with E-state index in [1.165, 1.54) is 35.1 Å². The van der Waals surface area contributed by atoms with Crippen molar-refractivity contribution in [2.24, 2.45) is 0 Å². The van der Waals surface area contributed by atoms with Crippen LogP contribution in [-0.2, 0) is 0 Å². The molecule has 124 valence electrons. The minimum Gasteiger partial charge on any atom is -0.289 e. The summed E-state index contributed by atoms with van der Waals surface area (Å²) in [5.41, 5.74) is 1.16. The SMILES string of the molecule is O=c1c2cnc3cc(Cl)cc(Cl)c3c2[nH]n1-c1ccc([N+](=O)[O-])cc1. The Labute approximate surface area is 149 Å². The fourth-order valence-corrected chi connectivity index (χ4v) is 3.29. The second kappa shape index (κ2) is 5.58. The molecule has 0 unspecified atom stereocenters. The Bertz CT molecular complexity index is 1210. The van der Waals surface area contributed by atoms with Crippen LogP contribution >= 0.6 is 23.2 Å². The standard InChI is InChI=1S/C16H8Cl2N4O3/c17-8-5-12(18)14-13(6-8)19-7-11-15(14)20-21(16(11)23)9-1-3-10(4-2-9)22(24)25/h1-7,20H. The van der Waals surface area contributed by atoms with E-state index in [0.717, 1.165) is 0 Å². The molecule has 0 aliphatic rings. The van der Waals surface area contributed by atoms with E-state index < -0.39 is 4.92 Å². The molecule has 0 atom stereocenters. The van der Waals surface area contributed by atoms with Crippen LogP contribution in [0.25, 0.3) is 27.5 Å². The maximum atomic E-state index is 12.7. The molecule has 1 N–H and O–H groups in total. The van der Waals surface area contributed by atoms with Crippen LogP contribution in [0.5, 0.6) is 0 Å². The summed E-state index contributed by atoms with van der Waals surface area (Å²) in [5.74, 6) is 0. The Morgan fingerprint density at radius 1 is 1.16 bits per heavy atom. The lowest BCUT2D eigenvalue weighted by Crippen LogP contribution is -2.14. The fraction of sp³-hybridized carbons (Fsp3) is 0. The molecular weight excluding hydrogens is 367 g/mol. The van der Waals surface area contributed by atoms with Crippen molar-refractivity contribution in [1.82, 2.24) is 14.8 Å². The van der Waals surface area contributed by atoms with Gasteiger partial charge in [0.1, 0.15) is 0 Å². The molecule has 2 aromatic heterocycles. The number of pyridine rings is 1. The van der Waals surface area contributed by atoms with Gasteiger partial charge in [0, 0.05) is 28.7 Å². The van der Waals surface area contributed by atoms with Gasteiger partial charge in [-0.05, 0) is 24.3 Å². The zero-order valence-corrected chi connectivity index (χ0v) is 13.9. The summed E-state index contributed by atoms with van der Waals surface area (Å²) in [6.07, 6.45) is 1.45. The van der Waals surface area contributed by atoms with Crippen molar-refractivity contribution in [1.29, 1.82) is 0 Å². The highest BCUT2D eigenvalue weighted by molar-refractivity contribution is 6.40. The molecule has 0 aliphatic carbocycles. The summed E-state index contributed by atoms with van der Waals surface area (Å²) in [5, 5.41) is 15.5. The molecule has 7 nitrogen and oxygen atoms in total. The minimum atomic E-state index is -0.501. The summed E-state index contributed by atoms with van der Waals surface area (Å²) in [4.78, 5) is 27.2. The van der Waals surface area contributed by atoms with Crippen molar-refractivity contribution >= 4 is 50.7 Å². The number of non-ortho nitro benzene ring substituents is 1. The Balaban J connectivity index is 2.00. The normalized spacial score (nSPS) is 11.3. The molecule has 0 spiro atoms. The molecule has 25 heavy (non-hydrogen) atoms. The van der Waals surface area contributed by atoms with E-state index in [0.29, 0.717) is 37.5 Å². The number of aromatic nitrogens is 3. The average Bonchev–Trinajstić information content (AvgIpc) is 2.91. The van der Waals surface area contributed by atoms with Gasteiger partial charge in [-0.1, -0.05) is 23.2 Å². The Morgan fingerprint density at radius 3 is 2.56 bits per heavy atom. The fourth-order valence-electron chi connectivity index (χ4n) is 2.71. The summed E-state index contributed by atoms with van der Waals surface area (Å²) in [7, 11) is 0. The number of benzene rings is 2. The van der Waals surface area contributed by atoms with Crippen LogP contribution in [0.2, 0.25) is 10.0 Å². The number of H-pyrrole nitrogens is 1. The molecule has 0 aliphatic heterocycles. The van der Waals surface area contributed by atoms with Crippen molar-refractivity contribution in [2.45, 2.75) is 0 Å². The number of hydrogen-bond donors (Lipinski definition) is 1. The van der Waals surface area contributed by atoms with Crippen LogP contribution in [0.4, 0.5) is 5.69 Å². The predicted octanol–water partition coefficient (Wildman–Crippen LogP) is 4.08. The van der Waals surface area contributed by atoms with E-state index in [9.17, 15) is 14.9 Å². The second-order valence-corrected chi connectivity index (χ2v) is 6.20. The molecule has 0 amide bonds. The van der Waals surface area contributed by atoms with Gasteiger partial charge in [-0.25, -0.2) is 4.68 Å². The number of rotatable bonds is 2. The smallest absolute Gasteiger partial charge is 0.280 e. The van der Waals surface area contributed by atoms with E-state index in [-0.39, 0.29) is 11.2 Å². The highest BCUT2D eigenvalue weighted by atomic mass is 35.5. The zero-order chi connectivity index (χ0) is 17.7. The third-order valence-electron chi connectivity index (χ3n) is 3.86. The summed E-state index contributed by atoms with van der Waals surface area (Å²) in [6, 6.07) is 8.87. The molecule has 0 bridgehead atoms. The first-order valence-electron chi connectivity index (χ1n) is 7.09. The Kier molecular flexibility index (Phi) is 3.48. The first-order valence-corrected chi connectivity index (χ1v) is 7.84. The molecule has 2 aromatic carbocycles. The third-order valence-corrected chi connectivity index (χ3v) is 4.38. The predicted molar refractivity (Wildman–Crippen MR) is 95.9 cm³/mol. The monoisotopic (exact) mass is 374 g/mol. The first-order chi connectivity index (χ1) is 12.0. The van der Waals surface area contributed by atoms with Gasteiger partial charge < -0.3 is 0 Å². The summed E-state index contributed by atoms with van der Waals surface area (Å²) >= 11 is 12.3. The largest absolute Gasteiger partial charge is 0.289 e. The number of fused-ring (bicyclic) bond motifs is 3. The van der Waals surface area contributed by atoms with Gasteiger partial charge in [-0.3, -0.25) is 25.0 Å². The van der Waals surface area contributed by atoms with Crippen LogP contribution in [0.15, 0.2) is 47.4 Å². The van der Waals surface area contributed by atoms with Crippen molar-refractivity contribution in [2.75, 3.05) is 0 Å². The lowest BCUT2D eigenvalue weighted by atomic mass is 10.2. The van der Waals surface area contributed by atoms with Crippen molar-refractivity contribution in [3.8, 4) is 5.69 Å². The average molecular weight is 375 g/mol. The van der Waals surface area contributed by atoms with Gasteiger partial charge >= 0.3 is 0 Å². The number of nitro groups is 1. The summed E-state index contributed by atoms with van der Waals surface area (Å²) in [6.45, 7) is 0. The molecule has 2 heterocycles. The number of nitrogens with one attached hydrogen (secondary N) is 1. The van der Waals surface area contributed by atoms with Crippen LogP contribution < -0.4 is 5.56 Å². The van der Waals surface area contributed by atoms with E-state index >= 15 is 0 Å². The maximum absolute atomic E-state index is 12.7. The van der Waals surface area contributed by atoms with E-state index in [1.807, 2.05) is 0 Å². The maximum Gasteiger partial charge on any atom is 0.280 e. The van der Waals surface area contributed by atoms with E-state index in [1.54, 1.807) is 12.1 Å². The molecular formula is C16H8Cl2N4O3. The van der Waals surface area contributed by atoms with Gasteiger partial charge in [0.15, 0.2) is 0 Å². The van der Waals surface area contributed by atoms with Gasteiger partial charge in [0.2, 0.25) is 0 Å². The highest BCUT2D eigenvalue weighted by Gasteiger charge is 2.15. The molecule has 4 rings (SSSR count). The molecule has 0 saturated heterocycles. The van der Waals surface area contributed by atoms with E-state index in [2.05, 4.69) is 10.1 Å². The molecule has 0 saturated carbocycles. The van der Waals surface area contributed by atoms with Gasteiger partial charge in [0.25, 0.3) is 11.2 Å². The summed E-state index contributed by atoms with van der Waals surface area (Å²) < 4.78 is 1.29. The molecule has 9 heteroatoms. The Hall–Kier alpha value is -2.90. The zero-order valence-electron chi connectivity index (χ0n) is 12.4. The molecule has 0 radical (unpaired) electrons. The van der Waals surface area contributed by atoms with Crippen molar-refractivity contribution in [3.05, 3.63) is 73.1 Å². The number of nitrogens with zero attached hydrogens (tertiary/aromatic N) is 3. The number of halogens is 2. The van der Waals surface area contributed by atoms with Gasteiger partial charge in [0.05, 0.1) is 32.1 Å². The Morgan fingerprint density at radius 2 is 1.88 bits per heavy atom. The molecule has 0 fully saturated rings. The third kappa shape index (κ3) is 2.45. The molecule has 4 aromatic rings. The lowest BCUT2D eigenvalue weighted by molar-refractivity contribution is -0.384. The minimum absolute atomic E-state index is 0.0577. The van der Waals surface area contributed by atoms with Crippen LogP contribution in [0, 0.1) is 10.1 Å². The van der Waals surface area contributed by atoms with Crippen LogP contribution in [-0.4, -0.2) is 19.7 Å². The van der Waals surface area contributed by atoms with Crippen molar-refractivity contribution < 1.29 is 4.92 Å².